The van der Waals surface area contributed by atoms with Crippen molar-refractivity contribution in [2.75, 3.05) is 13.1 Å². The molecule has 1 nitrogen and oxygen atoms in total. The van der Waals surface area contributed by atoms with Gasteiger partial charge >= 0.3 is 0 Å². The molecule has 0 aliphatic heterocycles. The van der Waals surface area contributed by atoms with Crippen molar-refractivity contribution in [2.24, 2.45) is 5.92 Å². The third-order valence-electron chi connectivity index (χ3n) is 4.06. The summed E-state index contributed by atoms with van der Waals surface area (Å²) in [5, 5.41) is 3.45. The van der Waals surface area contributed by atoms with Crippen molar-refractivity contribution < 1.29 is 4.39 Å². The predicted octanol–water partition coefficient (Wildman–Crippen LogP) is 4.02. The highest BCUT2D eigenvalue weighted by Gasteiger charge is 2.26. The van der Waals surface area contributed by atoms with Crippen molar-refractivity contribution in [3.05, 3.63) is 35.1 Å². The first kappa shape index (κ1) is 13.5. The van der Waals surface area contributed by atoms with E-state index < -0.39 is 0 Å². The summed E-state index contributed by atoms with van der Waals surface area (Å²) in [7, 11) is 0. The Morgan fingerprint density at radius 2 is 2.00 bits per heavy atom. The minimum atomic E-state index is -0.0854. The summed E-state index contributed by atoms with van der Waals surface area (Å²) in [4.78, 5) is 0. The molecule has 0 heterocycles. The largest absolute Gasteiger partial charge is 0.317 e. The number of rotatable bonds is 4. The van der Waals surface area contributed by atoms with Gasteiger partial charge in [0.15, 0.2) is 0 Å². The number of benzene rings is 1. The maximum atomic E-state index is 13.5. The lowest BCUT2D eigenvalue weighted by atomic mass is 9.75. The summed E-state index contributed by atoms with van der Waals surface area (Å²) < 4.78 is 13.5. The Morgan fingerprint density at radius 1 is 1.22 bits per heavy atom. The first-order valence-electron chi connectivity index (χ1n) is 7.18. The second-order valence-electron chi connectivity index (χ2n) is 5.52. The van der Waals surface area contributed by atoms with E-state index in [0.29, 0.717) is 11.8 Å². The van der Waals surface area contributed by atoms with Crippen molar-refractivity contribution in [1.29, 1.82) is 0 Å². The van der Waals surface area contributed by atoms with Crippen LogP contribution in [0.15, 0.2) is 18.2 Å². The maximum Gasteiger partial charge on any atom is 0.123 e. The van der Waals surface area contributed by atoms with E-state index in [1.165, 1.54) is 31.2 Å². The van der Waals surface area contributed by atoms with Crippen molar-refractivity contribution in [3.8, 4) is 0 Å². The molecule has 1 fully saturated rings. The topological polar surface area (TPSA) is 12.0 Å². The third-order valence-corrected chi connectivity index (χ3v) is 4.06. The lowest BCUT2D eigenvalue weighted by molar-refractivity contribution is 0.297. The van der Waals surface area contributed by atoms with Crippen LogP contribution in [-0.2, 0) is 0 Å². The van der Waals surface area contributed by atoms with Gasteiger partial charge in [-0.05, 0) is 68.0 Å². The van der Waals surface area contributed by atoms with Crippen LogP contribution in [0, 0.1) is 18.7 Å². The van der Waals surface area contributed by atoms with Crippen LogP contribution in [0.1, 0.15) is 49.7 Å². The van der Waals surface area contributed by atoms with Gasteiger partial charge in [-0.25, -0.2) is 4.39 Å². The Labute approximate surface area is 110 Å². The summed E-state index contributed by atoms with van der Waals surface area (Å²) in [6, 6.07) is 5.52. The summed E-state index contributed by atoms with van der Waals surface area (Å²) in [5.41, 5.74) is 2.24. The highest BCUT2D eigenvalue weighted by atomic mass is 19.1. The summed E-state index contributed by atoms with van der Waals surface area (Å²) in [6.07, 6.45) is 5.08. The Kier molecular flexibility index (Phi) is 4.76. The average Bonchev–Trinajstić information content (AvgIpc) is 2.35. The standard InChI is InChI=1S/C16H24FN/c1-3-18-11-13-6-4-5-7-16(13)14-8-12(2)9-15(17)10-14/h8-10,13,16,18H,3-7,11H2,1-2H3. The number of aryl methyl sites for hydroxylation is 1. The van der Waals surface area contributed by atoms with Crippen molar-refractivity contribution in [1.82, 2.24) is 5.32 Å². The van der Waals surface area contributed by atoms with Crippen LogP contribution in [0.2, 0.25) is 0 Å². The van der Waals surface area contributed by atoms with E-state index in [2.05, 4.69) is 18.3 Å². The molecule has 18 heavy (non-hydrogen) atoms. The first-order valence-corrected chi connectivity index (χ1v) is 7.18. The van der Waals surface area contributed by atoms with Gasteiger partial charge in [0, 0.05) is 0 Å². The zero-order chi connectivity index (χ0) is 13.0. The number of hydrogen-bond donors (Lipinski definition) is 1. The van der Waals surface area contributed by atoms with E-state index in [9.17, 15) is 4.39 Å². The average molecular weight is 249 g/mol. The van der Waals surface area contributed by atoms with Crippen LogP contribution in [0.25, 0.3) is 0 Å². The maximum absolute atomic E-state index is 13.5. The molecular formula is C16H24FN. The number of nitrogens with one attached hydrogen (secondary N) is 1. The second kappa shape index (κ2) is 6.33. The summed E-state index contributed by atoms with van der Waals surface area (Å²) in [5.74, 6) is 1.12. The summed E-state index contributed by atoms with van der Waals surface area (Å²) in [6.45, 7) is 6.21. The summed E-state index contributed by atoms with van der Waals surface area (Å²) >= 11 is 0. The van der Waals surface area contributed by atoms with Crippen molar-refractivity contribution in [2.45, 2.75) is 45.4 Å². The van der Waals surface area contributed by atoms with Crippen LogP contribution in [0.3, 0.4) is 0 Å². The second-order valence-corrected chi connectivity index (χ2v) is 5.52. The lowest BCUT2D eigenvalue weighted by Gasteiger charge is -2.32. The van der Waals surface area contributed by atoms with Crippen LogP contribution in [0.5, 0.6) is 0 Å². The fourth-order valence-electron chi connectivity index (χ4n) is 3.20. The molecule has 0 bridgehead atoms. The molecule has 1 N–H and O–H groups in total. The van der Waals surface area contributed by atoms with Gasteiger partial charge in [0.1, 0.15) is 5.82 Å². The van der Waals surface area contributed by atoms with E-state index in [1.807, 2.05) is 6.92 Å². The highest BCUT2D eigenvalue weighted by molar-refractivity contribution is 5.27. The molecule has 1 aromatic carbocycles. The third kappa shape index (κ3) is 3.32. The van der Waals surface area contributed by atoms with Crippen molar-refractivity contribution >= 4 is 0 Å². The van der Waals surface area contributed by atoms with E-state index >= 15 is 0 Å². The molecule has 100 valence electrons. The van der Waals surface area contributed by atoms with E-state index in [0.717, 1.165) is 18.7 Å². The number of halogens is 1. The molecule has 1 aliphatic rings. The SMILES string of the molecule is CCNCC1CCCCC1c1cc(C)cc(F)c1. The molecular weight excluding hydrogens is 225 g/mol. The predicted molar refractivity (Wildman–Crippen MR) is 74.4 cm³/mol. The van der Waals surface area contributed by atoms with Gasteiger partial charge in [-0.3, -0.25) is 0 Å². The van der Waals surface area contributed by atoms with Gasteiger partial charge in [-0.2, -0.15) is 0 Å². The Bertz CT molecular complexity index is 368. The van der Waals surface area contributed by atoms with Crippen LogP contribution < -0.4 is 5.32 Å². The minimum absolute atomic E-state index is 0.0854. The number of hydrogen-bond acceptors (Lipinski definition) is 1. The zero-order valence-corrected chi connectivity index (χ0v) is 11.5. The molecule has 0 saturated heterocycles. The molecule has 2 heteroatoms. The van der Waals surface area contributed by atoms with Gasteiger partial charge in [-0.1, -0.05) is 25.8 Å². The Morgan fingerprint density at radius 3 is 2.72 bits per heavy atom. The van der Waals surface area contributed by atoms with Gasteiger partial charge in [0.2, 0.25) is 0 Å². The van der Waals surface area contributed by atoms with E-state index in [4.69, 9.17) is 0 Å². The Hall–Kier alpha value is -0.890. The molecule has 0 aromatic heterocycles. The molecule has 2 rings (SSSR count). The fraction of sp³-hybridized carbons (Fsp3) is 0.625. The van der Waals surface area contributed by atoms with E-state index in [1.54, 1.807) is 12.1 Å². The molecule has 0 amide bonds. The smallest absolute Gasteiger partial charge is 0.123 e. The normalized spacial score (nSPS) is 24.2. The Balaban J connectivity index is 2.16. The monoisotopic (exact) mass is 249 g/mol. The molecule has 0 radical (unpaired) electrons. The fourth-order valence-corrected chi connectivity index (χ4v) is 3.20. The molecule has 2 atom stereocenters. The molecule has 0 spiro atoms. The molecule has 1 aliphatic carbocycles. The first-order chi connectivity index (χ1) is 8.70. The molecule has 1 aromatic rings. The van der Waals surface area contributed by atoms with Crippen LogP contribution >= 0.6 is 0 Å². The van der Waals surface area contributed by atoms with Gasteiger partial charge in [0.25, 0.3) is 0 Å². The quantitative estimate of drug-likeness (QED) is 0.850. The van der Waals surface area contributed by atoms with Crippen LogP contribution in [0.4, 0.5) is 4.39 Å². The van der Waals surface area contributed by atoms with Gasteiger partial charge < -0.3 is 5.32 Å². The minimum Gasteiger partial charge on any atom is -0.317 e. The van der Waals surface area contributed by atoms with Gasteiger partial charge in [0.05, 0.1) is 0 Å². The van der Waals surface area contributed by atoms with Crippen molar-refractivity contribution in [3.63, 3.8) is 0 Å². The zero-order valence-electron chi connectivity index (χ0n) is 11.5. The van der Waals surface area contributed by atoms with E-state index in [-0.39, 0.29) is 5.82 Å². The highest BCUT2D eigenvalue weighted by Crippen LogP contribution is 2.37. The lowest BCUT2D eigenvalue weighted by Crippen LogP contribution is -2.29. The van der Waals surface area contributed by atoms with Gasteiger partial charge in [-0.15, -0.1) is 0 Å². The molecule has 1 saturated carbocycles. The van der Waals surface area contributed by atoms with Crippen LogP contribution in [-0.4, -0.2) is 13.1 Å². The molecule has 2 unspecified atom stereocenters.